The molecular weight excluding hydrogens is 565 g/mol. The molecular formula is C47H46. The molecule has 0 spiro atoms. The van der Waals surface area contributed by atoms with Crippen molar-refractivity contribution in [2.24, 2.45) is 5.41 Å². The molecule has 10 rings (SSSR count). The summed E-state index contributed by atoms with van der Waals surface area (Å²) < 4.78 is 0. The monoisotopic (exact) mass is 610 g/mol. The molecule has 0 bridgehead atoms. The predicted octanol–water partition coefficient (Wildman–Crippen LogP) is 9.75. The third kappa shape index (κ3) is 4.33. The summed E-state index contributed by atoms with van der Waals surface area (Å²) in [5.74, 6) is 1.39. The average molecular weight is 611 g/mol. The molecule has 0 nitrogen and oxygen atoms in total. The number of allylic oxidation sites excluding steroid dienone is 6. The molecule has 0 heteroatoms. The molecule has 6 aliphatic carbocycles. The van der Waals surface area contributed by atoms with Gasteiger partial charge in [-0.15, -0.1) is 0 Å². The Morgan fingerprint density at radius 3 is 2.45 bits per heavy atom. The third-order valence-corrected chi connectivity index (χ3v) is 13.1. The molecule has 0 fully saturated rings. The van der Waals surface area contributed by atoms with Gasteiger partial charge in [0.25, 0.3) is 0 Å². The Morgan fingerprint density at radius 1 is 0.638 bits per heavy atom. The van der Waals surface area contributed by atoms with Crippen LogP contribution in [0.3, 0.4) is 0 Å². The van der Waals surface area contributed by atoms with Crippen LogP contribution in [-0.2, 0) is 0 Å². The Bertz CT molecular complexity index is 2380. The van der Waals surface area contributed by atoms with Gasteiger partial charge in [-0.2, -0.15) is 0 Å². The van der Waals surface area contributed by atoms with Crippen LogP contribution >= 0.6 is 0 Å². The molecule has 0 N–H and O–H groups in total. The molecule has 0 saturated heterocycles. The summed E-state index contributed by atoms with van der Waals surface area (Å²) in [7, 11) is 0. The van der Waals surface area contributed by atoms with E-state index in [1.807, 2.05) is 0 Å². The standard InChI is InChI=1S/C47H46/c1-47(2)27-26-29(38-22-18-35-15-13-31-8-4-10-33-20-24-40(38)45(35)43(31)33)6-3-7-30-12-17-37(28-42(30)47)39-23-19-36-16-14-32-9-5-11-34-21-25-41(39)46(36)44(32)34/h5,8-9,11,13-15,18,21-22,24-26,28,33,36H,3-4,6-7,10,12,16-17,19-20,23,27H2,1-2H3. The van der Waals surface area contributed by atoms with E-state index in [2.05, 4.69) is 98.8 Å². The van der Waals surface area contributed by atoms with Gasteiger partial charge in [0.05, 0.1) is 0 Å². The molecule has 6 aliphatic rings. The summed E-state index contributed by atoms with van der Waals surface area (Å²) in [6, 6.07) is 21.4. The Labute approximate surface area is 279 Å². The lowest BCUT2D eigenvalue weighted by Gasteiger charge is -2.34. The highest BCUT2D eigenvalue weighted by Gasteiger charge is 2.31. The Balaban J connectivity index is 1.06. The normalized spacial score (nSPS) is 24.2. The highest BCUT2D eigenvalue weighted by molar-refractivity contribution is 5.93. The van der Waals surface area contributed by atoms with Crippen LogP contribution in [0, 0.1) is 5.41 Å². The summed E-state index contributed by atoms with van der Waals surface area (Å²) in [6.45, 7) is 5.05. The lowest BCUT2D eigenvalue weighted by molar-refractivity contribution is 0.454. The van der Waals surface area contributed by atoms with Gasteiger partial charge in [-0.3, -0.25) is 0 Å². The zero-order valence-corrected chi connectivity index (χ0v) is 28.2. The first-order valence-corrected chi connectivity index (χ1v) is 18.7. The predicted molar refractivity (Wildman–Crippen MR) is 201 cm³/mol. The first kappa shape index (κ1) is 28.1. The molecule has 2 atom stereocenters. The molecule has 0 amide bonds. The lowest BCUT2D eigenvalue weighted by atomic mass is 9.70. The first-order chi connectivity index (χ1) is 23.0. The van der Waals surface area contributed by atoms with E-state index in [1.54, 1.807) is 49.6 Å². The molecule has 0 aliphatic heterocycles. The highest BCUT2D eigenvalue weighted by atomic mass is 14.4. The van der Waals surface area contributed by atoms with Crippen LogP contribution in [0.4, 0.5) is 0 Å². The van der Waals surface area contributed by atoms with E-state index in [9.17, 15) is 0 Å². The summed E-state index contributed by atoms with van der Waals surface area (Å²) >= 11 is 0. The summed E-state index contributed by atoms with van der Waals surface area (Å²) in [5, 5.41) is 12.0. The molecule has 47 heavy (non-hydrogen) atoms. The van der Waals surface area contributed by atoms with E-state index >= 15 is 0 Å². The zero-order valence-electron chi connectivity index (χ0n) is 28.2. The van der Waals surface area contributed by atoms with Crippen LogP contribution in [0.2, 0.25) is 0 Å². The molecule has 0 aromatic heterocycles. The van der Waals surface area contributed by atoms with Gasteiger partial charge in [-0.25, -0.2) is 0 Å². The van der Waals surface area contributed by atoms with Crippen molar-refractivity contribution in [3.05, 3.63) is 121 Å². The van der Waals surface area contributed by atoms with Crippen molar-refractivity contribution in [3.63, 3.8) is 0 Å². The average Bonchev–Trinajstić information content (AvgIpc) is 3.17. The molecule has 4 aromatic rings. The summed E-state index contributed by atoms with van der Waals surface area (Å²) in [4.78, 5) is 0. The van der Waals surface area contributed by atoms with Gasteiger partial charge < -0.3 is 0 Å². The highest BCUT2D eigenvalue weighted by Crippen LogP contribution is 2.46. The fourth-order valence-corrected chi connectivity index (χ4v) is 10.7. The van der Waals surface area contributed by atoms with Crippen LogP contribution in [0.15, 0.2) is 83.5 Å². The first-order valence-electron chi connectivity index (χ1n) is 18.7. The molecule has 2 unspecified atom stereocenters. The van der Waals surface area contributed by atoms with E-state index in [-0.39, 0.29) is 5.41 Å². The smallest absolute Gasteiger partial charge is 0.00676 e. The van der Waals surface area contributed by atoms with E-state index in [0.29, 0.717) is 11.8 Å². The number of rotatable bonds is 2. The van der Waals surface area contributed by atoms with Crippen molar-refractivity contribution in [1.82, 2.24) is 0 Å². The van der Waals surface area contributed by atoms with Gasteiger partial charge in [0.2, 0.25) is 0 Å². The van der Waals surface area contributed by atoms with Gasteiger partial charge in [-0.05, 0) is 176 Å². The lowest BCUT2D eigenvalue weighted by Crippen LogP contribution is -2.28. The second-order valence-corrected chi connectivity index (χ2v) is 16.1. The summed E-state index contributed by atoms with van der Waals surface area (Å²) in [5.41, 5.74) is 13.2. The van der Waals surface area contributed by atoms with E-state index in [1.165, 1.54) is 108 Å². The van der Waals surface area contributed by atoms with Crippen LogP contribution in [0.25, 0.3) is 50.9 Å². The van der Waals surface area contributed by atoms with Crippen LogP contribution in [0.5, 0.6) is 0 Å². The van der Waals surface area contributed by atoms with Crippen molar-refractivity contribution in [2.45, 2.75) is 103 Å². The zero-order chi connectivity index (χ0) is 31.3. The van der Waals surface area contributed by atoms with Crippen LogP contribution in [-0.4, -0.2) is 0 Å². The van der Waals surface area contributed by atoms with E-state index < -0.39 is 0 Å². The topological polar surface area (TPSA) is 0 Å². The number of hydrogen-bond donors (Lipinski definition) is 0. The second kappa shape index (κ2) is 10.6. The Morgan fingerprint density at radius 2 is 1.49 bits per heavy atom. The van der Waals surface area contributed by atoms with Gasteiger partial charge in [0, 0.05) is 0 Å². The minimum Gasteiger partial charge on any atom is -0.0798 e. The number of benzene rings is 4. The quantitative estimate of drug-likeness (QED) is 0.212. The fourth-order valence-electron chi connectivity index (χ4n) is 10.7. The largest absolute Gasteiger partial charge is 0.0798 e. The third-order valence-electron chi connectivity index (χ3n) is 13.1. The van der Waals surface area contributed by atoms with Crippen molar-refractivity contribution >= 4 is 50.9 Å². The minimum atomic E-state index is 0.116. The maximum atomic E-state index is 2.70. The van der Waals surface area contributed by atoms with Gasteiger partial charge >= 0.3 is 0 Å². The maximum absolute atomic E-state index is 2.70. The SMILES string of the molecule is CC1(C)CC=C(c2ccc3ccc4c5c3c2=CCC5CCC=4)CCCC2=C1C=C(C1=c3ccc4cccc5c4c3C(CC=5)CC1)CC2. The van der Waals surface area contributed by atoms with Gasteiger partial charge in [0.15, 0.2) is 0 Å². The van der Waals surface area contributed by atoms with Crippen molar-refractivity contribution < 1.29 is 0 Å². The van der Waals surface area contributed by atoms with Crippen LogP contribution in [0.1, 0.15) is 119 Å². The molecule has 0 heterocycles. The molecule has 0 radical (unpaired) electrons. The Kier molecular flexibility index (Phi) is 6.32. The van der Waals surface area contributed by atoms with E-state index in [4.69, 9.17) is 0 Å². The fraction of sp³-hybridized carbons (Fsp3) is 0.362. The Hall–Kier alpha value is -3.90. The van der Waals surface area contributed by atoms with Crippen molar-refractivity contribution in [3.8, 4) is 0 Å². The maximum Gasteiger partial charge on any atom is -0.00676 e. The molecule has 4 aromatic carbocycles. The van der Waals surface area contributed by atoms with E-state index in [0.717, 1.165) is 6.42 Å². The van der Waals surface area contributed by atoms with Crippen molar-refractivity contribution in [1.29, 1.82) is 0 Å². The van der Waals surface area contributed by atoms with Gasteiger partial charge in [0.1, 0.15) is 0 Å². The summed E-state index contributed by atoms with van der Waals surface area (Å²) in [6.07, 6.45) is 27.6. The second-order valence-electron chi connectivity index (χ2n) is 16.1. The number of hydrogen-bond acceptors (Lipinski definition) is 0. The van der Waals surface area contributed by atoms with Gasteiger partial charge in [-0.1, -0.05) is 104 Å². The molecule has 0 saturated carbocycles. The van der Waals surface area contributed by atoms with Crippen molar-refractivity contribution in [2.75, 3.05) is 0 Å². The molecule has 234 valence electrons. The minimum absolute atomic E-state index is 0.116. The van der Waals surface area contributed by atoms with Crippen LogP contribution < -0.4 is 20.9 Å².